The molecule has 2 aromatic carbocycles. The predicted molar refractivity (Wildman–Crippen MR) is 119 cm³/mol. The van der Waals surface area contributed by atoms with Crippen LogP contribution in [0.1, 0.15) is 30.9 Å². The molecule has 0 saturated heterocycles. The van der Waals surface area contributed by atoms with E-state index in [0.717, 1.165) is 11.1 Å². The highest BCUT2D eigenvalue weighted by Gasteiger charge is 2.38. The van der Waals surface area contributed by atoms with E-state index in [2.05, 4.69) is 10.1 Å². The van der Waals surface area contributed by atoms with Gasteiger partial charge < -0.3 is 15.2 Å². The molecular formula is C24H21N5O3. The average Bonchev–Trinajstić information content (AvgIpc) is 3.24. The molecule has 8 nitrogen and oxygen atoms in total. The number of carbonyl (C=O) groups excluding carboxylic acids is 1. The molecule has 0 bridgehead atoms. The number of hydrogen-bond acceptors (Lipinski definition) is 7. The zero-order chi connectivity index (χ0) is 22.2. The van der Waals surface area contributed by atoms with E-state index in [-0.39, 0.29) is 6.61 Å². The molecule has 8 heteroatoms. The molecule has 4 aromatic rings. The van der Waals surface area contributed by atoms with Crippen LogP contribution in [0.5, 0.6) is 5.88 Å². The lowest BCUT2D eigenvalue weighted by atomic mass is 9.83. The van der Waals surface area contributed by atoms with Gasteiger partial charge >= 0.3 is 5.97 Å². The van der Waals surface area contributed by atoms with Gasteiger partial charge in [0.15, 0.2) is 11.5 Å². The average molecular weight is 427 g/mol. The van der Waals surface area contributed by atoms with Crippen LogP contribution < -0.4 is 10.5 Å². The van der Waals surface area contributed by atoms with E-state index in [4.69, 9.17) is 20.2 Å². The number of aromatic nitrogens is 4. The number of fused-ring (bicyclic) bond motifs is 3. The normalized spacial score (nSPS) is 15.4. The van der Waals surface area contributed by atoms with Gasteiger partial charge in [0.1, 0.15) is 12.1 Å². The van der Waals surface area contributed by atoms with Crippen LogP contribution in [0.15, 0.2) is 72.3 Å². The molecule has 0 saturated carbocycles. The van der Waals surface area contributed by atoms with Crippen LogP contribution in [0.4, 0.5) is 5.69 Å². The van der Waals surface area contributed by atoms with E-state index in [1.807, 2.05) is 42.5 Å². The summed E-state index contributed by atoms with van der Waals surface area (Å²) in [5.74, 6) is 0.493. The van der Waals surface area contributed by atoms with E-state index in [1.165, 1.54) is 0 Å². The molecule has 0 amide bonds. The number of nitrogen functional groups attached to an aromatic ring is 1. The van der Waals surface area contributed by atoms with Gasteiger partial charge in [-0.3, -0.25) is 0 Å². The molecular weight excluding hydrogens is 406 g/mol. The number of anilines is 1. The van der Waals surface area contributed by atoms with E-state index in [0.29, 0.717) is 39.9 Å². The Morgan fingerprint density at radius 2 is 1.91 bits per heavy atom. The Morgan fingerprint density at radius 3 is 2.62 bits per heavy atom. The van der Waals surface area contributed by atoms with Crippen LogP contribution in [0.25, 0.3) is 17.0 Å². The third-order valence-corrected chi connectivity index (χ3v) is 5.39. The molecule has 5 rings (SSSR count). The summed E-state index contributed by atoms with van der Waals surface area (Å²) >= 11 is 0. The molecule has 3 heterocycles. The summed E-state index contributed by atoms with van der Waals surface area (Å²) in [7, 11) is 0. The summed E-state index contributed by atoms with van der Waals surface area (Å²) in [5, 5.41) is 4.59. The van der Waals surface area contributed by atoms with E-state index in [9.17, 15) is 4.79 Å². The fourth-order valence-electron chi connectivity index (χ4n) is 3.94. The molecule has 32 heavy (non-hydrogen) atoms. The van der Waals surface area contributed by atoms with Crippen LogP contribution in [0.3, 0.4) is 0 Å². The van der Waals surface area contributed by atoms with Gasteiger partial charge in [-0.05, 0) is 43.7 Å². The number of carbonyl (C=O) groups is 1. The van der Waals surface area contributed by atoms with Crippen molar-refractivity contribution in [2.45, 2.75) is 19.8 Å². The molecule has 1 atom stereocenters. The number of esters is 1. The molecule has 0 aliphatic carbocycles. The van der Waals surface area contributed by atoms with Crippen molar-refractivity contribution >= 4 is 17.3 Å². The summed E-state index contributed by atoms with van der Waals surface area (Å²) in [6.07, 6.45) is 1.56. The van der Waals surface area contributed by atoms with Crippen LogP contribution in [0.2, 0.25) is 0 Å². The zero-order valence-corrected chi connectivity index (χ0v) is 17.6. The van der Waals surface area contributed by atoms with Crippen molar-refractivity contribution in [3.05, 3.63) is 83.4 Å². The largest absolute Gasteiger partial charge is 0.463 e. The summed E-state index contributed by atoms with van der Waals surface area (Å²) in [5.41, 5.74) is 9.86. The van der Waals surface area contributed by atoms with Crippen molar-refractivity contribution in [2.24, 2.45) is 0 Å². The van der Waals surface area contributed by atoms with Gasteiger partial charge in [0.2, 0.25) is 5.88 Å². The number of benzene rings is 2. The minimum Gasteiger partial charge on any atom is -0.463 e. The number of nitrogens with zero attached hydrogens (tertiary/aromatic N) is 4. The molecule has 1 aliphatic rings. The Hall–Kier alpha value is -4.20. The van der Waals surface area contributed by atoms with E-state index in [1.54, 1.807) is 36.8 Å². The van der Waals surface area contributed by atoms with Gasteiger partial charge in [0.25, 0.3) is 0 Å². The lowest BCUT2D eigenvalue weighted by Gasteiger charge is -2.28. The van der Waals surface area contributed by atoms with Gasteiger partial charge in [0, 0.05) is 11.3 Å². The second kappa shape index (κ2) is 7.81. The number of hydrogen-bond donors (Lipinski definition) is 1. The first-order valence-electron chi connectivity index (χ1n) is 10.3. The highest BCUT2D eigenvalue weighted by Crippen LogP contribution is 2.44. The molecule has 0 fully saturated rings. The molecule has 1 aliphatic heterocycles. The minimum atomic E-state index is -0.460. The molecule has 0 spiro atoms. The number of ether oxygens (including phenoxy) is 2. The van der Waals surface area contributed by atoms with Crippen LogP contribution >= 0.6 is 0 Å². The van der Waals surface area contributed by atoms with Crippen molar-refractivity contribution in [3.63, 3.8) is 0 Å². The van der Waals surface area contributed by atoms with Gasteiger partial charge in [-0.25, -0.2) is 19.3 Å². The Balaban J connectivity index is 1.74. The van der Waals surface area contributed by atoms with Crippen LogP contribution in [-0.4, -0.2) is 32.2 Å². The van der Waals surface area contributed by atoms with Crippen LogP contribution in [-0.2, 0) is 9.53 Å². The lowest BCUT2D eigenvalue weighted by Crippen LogP contribution is -2.24. The third-order valence-electron chi connectivity index (χ3n) is 5.39. The molecule has 1 unspecified atom stereocenters. The summed E-state index contributed by atoms with van der Waals surface area (Å²) in [6, 6.07) is 17.1. The highest BCUT2D eigenvalue weighted by atomic mass is 16.5. The summed E-state index contributed by atoms with van der Waals surface area (Å²) in [6.45, 7) is 3.79. The minimum absolute atomic E-state index is 0.263. The van der Waals surface area contributed by atoms with Crippen molar-refractivity contribution in [1.82, 2.24) is 19.6 Å². The maximum absolute atomic E-state index is 13.0. The monoisotopic (exact) mass is 427 g/mol. The first-order valence-corrected chi connectivity index (χ1v) is 10.3. The zero-order valence-electron chi connectivity index (χ0n) is 17.6. The van der Waals surface area contributed by atoms with Crippen molar-refractivity contribution in [2.75, 3.05) is 12.3 Å². The topological polar surface area (TPSA) is 105 Å². The second-order valence-electron chi connectivity index (χ2n) is 7.43. The maximum Gasteiger partial charge on any atom is 0.338 e. The van der Waals surface area contributed by atoms with Crippen LogP contribution in [0, 0.1) is 0 Å². The van der Waals surface area contributed by atoms with E-state index >= 15 is 0 Å². The molecule has 0 radical (unpaired) electrons. The Labute approximate surface area is 184 Å². The Morgan fingerprint density at radius 1 is 1.16 bits per heavy atom. The van der Waals surface area contributed by atoms with Gasteiger partial charge in [-0.2, -0.15) is 0 Å². The van der Waals surface area contributed by atoms with Gasteiger partial charge in [-0.15, -0.1) is 5.10 Å². The Kier molecular flexibility index (Phi) is 4.82. The molecule has 160 valence electrons. The third kappa shape index (κ3) is 3.26. The number of rotatable bonds is 4. The maximum atomic E-state index is 13.0. The van der Waals surface area contributed by atoms with Crippen molar-refractivity contribution in [3.8, 4) is 17.3 Å². The smallest absolute Gasteiger partial charge is 0.338 e. The van der Waals surface area contributed by atoms with Gasteiger partial charge in [-0.1, -0.05) is 30.3 Å². The quantitative estimate of drug-likeness (QED) is 0.391. The number of nitrogens with two attached hydrogens (primary N) is 1. The number of allylic oxidation sites excluding steroid dienone is 1. The van der Waals surface area contributed by atoms with Crippen molar-refractivity contribution < 1.29 is 14.3 Å². The summed E-state index contributed by atoms with van der Waals surface area (Å²) < 4.78 is 12.9. The van der Waals surface area contributed by atoms with Crippen molar-refractivity contribution in [1.29, 1.82) is 0 Å². The molecule has 2 aromatic heterocycles. The second-order valence-corrected chi connectivity index (χ2v) is 7.43. The SMILES string of the molecule is CCOC(=O)C1=C(C)Oc2ncn3nc(-c4ccc(N)cc4)nc3c2C1c1ccccc1. The lowest BCUT2D eigenvalue weighted by molar-refractivity contribution is -0.139. The first kappa shape index (κ1) is 19.7. The Bertz CT molecular complexity index is 1340. The fraction of sp³-hybridized carbons (Fsp3) is 0.167. The first-order chi connectivity index (χ1) is 15.6. The standard InChI is InChI=1S/C24H21N5O3/c1-3-31-24(30)18-14(2)32-23-20(19(18)15-7-5-4-6-8-15)22-27-21(28-29(22)13-26-23)16-9-11-17(25)12-10-16/h4-13,19H,3,25H2,1-2H3. The highest BCUT2D eigenvalue weighted by molar-refractivity contribution is 5.93. The molecule has 2 N–H and O–H groups in total. The van der Waals surface area contributed by atoms with Gasteiger partial charge in [0.05, 0.1) is 23.7 Å². The summed E-state index contributed by atoms with van der Waals surface area (Å²) in [4.78, 5) is 22.2. The fourth-order valence-corrected chi connectivity index (χ4v) is 3.94. The van der Waals surface area contributed by atoms with E-state index < -0.39 is 11.9 Å². The predicted octanol–water partition coefficient (Wildman–Crippen LogP) is 3.73.